The molecule has 0 unspecified atom stereocenters. The zero-order valence-corrected chi connectivity index (χ0v) is 19.5. The number of aromatic nitrogens is 3. The Kier molecular flexibility index (Phi) is 8.19. The van der Waals surface area contributed by atoms with Crippen LogP contribution in [0.2, 0.25) is 0 Å². The molecule has 0 spiro atoms. The summed E-state index contributed by atoms with van der Waals surface area (Å²) in [4.78, 5) is 14.8. The Labute approximate surface area is 184 Å². The number of rotatable bonds is 9. The van der Waals surface area contributed by atoms with Crippen LogP contribution in [0.15, 0.2) is 29.4 Å². The van der Waals surface area contributed by atoms with Crippen molar-refractivity contribution in [2.24, 2.45) is 5.92 Å². The van der Waals surface area contributed by atoms with Crippen molar-refractivity contribution < 1.29 is 4.79 Å². The minimum Gasteiger partial charge on any atom is -0.372 e. The molecule has 1 amide bonds. The average molecular weight is 430 g/mol. The van der Waals surface area contributed by atoms with E-state index in [0.717, 1.165) is 42.6 Å². The van der Waals surface area contributed by atoms with Gasteiger partial charge < -0.3 is 14.8 Å². The van der Waals surface area contributed by atoms with Crippen LogP contribution in [-0.2, 0) is 11.3 Å². The van der Waals surface area contributed by atoms with Gasteiger partial charge in [0.2, 0.25) is 5.91 Å². The summed E-state index contributed by atoms with van der Waals surface area (Å²) >= 11 is 1.47. The first-order chi connectivity index (χ1) is 14.6. The predicted molar refractivity (Wildman–Crippen MR) is 125 cm³/mol. The van der Waals surface area contributed by atoms with Crippen LogP contribution in [0.5, 0.6) is 0 Å². The standard InChI is InChI=1S/C23H35N5OS/c1-5-27(6-2)19-14-12-18(13-15-19)22-25-26-23(28(22)7-3)30-16-21(29)24-20-11-9-8-10-17(20)4/h12-15,17,20H,5-11,16H2,1-4H3,(H,24,29)/t17-,20+/m1/s1. The fourth-order valence-electron chi connectivity index (χ4n) is 4.21. The molecule has 1 aliphatic rings. The maximum absolute atomic E-state index is 12.5. The molecule has 3 rings (SSSR count). The van der Waals surface area contributed by atoms with Gasteiger partial charge in [-0.1, -0.05) is 31.5 Å². The van der Waals surface area contributed by atoms with Gasteiger partial charge in [-0.2, -0.15) is 0 Å². The third-order valence-electron chi connectivity index (χ3n) is 6.08. The van der Waals surface area contributed by atoms with E-state index in [-0.39, 0.29) is 5.91 Å². The number of nitrogens with zero attached hydrogens (tertiary/aromatic N) is 4. The van der Waals surface area contributed by atoms with Crippen molar-refractivity contribution in [3.8, 4) is 11.4 Å². The molecule has 1 N–H and O–H groups in total. The highest BCUT2D eigenvalue weighted by Crippen LogP contribution is 2.27. The summed E-state index contributed by atoms with van der Waals surface area (Å²) < 4.78 is 2.09. The second-order valence-corrected chi connectivity index (χ2v) is 8.94. The molecule has 1 aromatic carbocycles. The maximum Gasteiger partial charge on any atom is 0.230 e. The molecule has 30 heavy (non-hydrogen) atoms. The van der Waals surface area contributed by atoms with Crippen molar-refractivity contribution in [2.75, 3.05) is 23.7 Å². The average Bonchev–Trinajstić information content (AvgIpc) is 3.18. The first-order valence-corrected chi connectivity index (χ1v) is 12.3. The van der Waals surface area contributed by atoms with Crippen molar-refractivity contribution in [1.29, 1.82) is 0 Å². The lowest BCUT2D eigenvalue weighted by Crippen LogP contribution is -2.41. The molecule has 7 heteroatoms. The van der Waals surface area contributed by atoms with Gasteiger partial charge in [0.25, 0.3) is 0 Å². The van der Waals surface area contributed by atoms with Crippen molar-refractivity contribution in [1.82, 2.24) is 20.1 Å². The van der Waals surface area contributed by atoms with Crippen LogP contribution in [0.3, 0.4) is 0 Å². The highest BCUT2D eigenvalue weighted by atomic mass is 32.2. The minimum atomic E-state index is 0.0922. The van der Waals surface area contributed by atoms with E-state index < -0.39 is 0 Å². The van der Waals surface area contributed by atoms with Crippen molar-refractivity contribution in [3.63, 3.8) is 0 Å². The van der Waals surface area contributed by atoms with E-state index >= 15 is 0 Å². The summed E-state index contributed by atoms with van der Waals surface area (Å²) in [7, 11) is 0. The second-order valence-electron chi connectivity index (χ2n) is 7.99. The Morgan fingerprint density at radius 3 is 2.47 bits per heavy atom. The number of carbonyl (C=O) groups excluding carboxylic acids is 1. The lowest BCUT2D eigenvalue weighted by atomic mass is 9.86. The van der Waals surface area contributed by atoms with Gasteiger partial charge in [0, 0.05) is 36.9 Å². The molecule has 2 atom stereocenters. The van der Waals surface area contributed by atoms with Crippen LogP contribution in [0.1, 0.15) is 53.4 Å². The molecule has 164 valence electrons. The molecule has 1 heterocycles. The smallest absolute Gasteiger partial charge is 0.230 e. The number of benzene rings is 1. The molecule has 0 saturated heterocycles. The molecular formula is C23H35N5OS. The monoisotopic (exact) mass is 429 g/mol. The largest absolute Gasteiger partial charge is 0.372 e. The highest BCUT2D eigenvalue weighted by molar-refractivity contribution is 7.99. The molecular weight excluding hydrogens is 394 g/mol. The first-order valence-electron chi connectivity index (χ1n) is 11.3. The predicted octanol–water partition coefficient (Wildman–Crippen LogP) is 4.60. The third kappa shape index (κ3) is 5.36. The van der Waals surface area contributed by atoms with Crippen LogP contribution in [0.25, 0.3) is 11.4 Å². The van der Waals surface area contributed by atoms with E-state index in [1.54, 1.807) is 0 Å². The second kappa shape index (κ2) is 10.8. The number of nitrogens with one attached hydrogen (secondary N) is 1. The van der Waals surface area contributed by atoms with Crippen molar-refractivity contribution in [3.05, 3.63) is 24.3 Å². The minimum absolute atomic E-state index is 0.0922. The van der Waals surface area contributed by atoms with Gasteiger partial charge in [0.1, 0.15) is 0 Å². The number of anilines is 1. The summed E-state index contributed by atoms with van der Waals surface area (Å²) in [6, 6.07) is 8.81. The van der Waals surface area contributed by atoms with Crippen LogP contribution < -0.4 is 10.2 Å². The van der Waals surface area contributed by atoms with Crippen molar-refractivity contribution >= 4 is 23.4 Å². The van der Waals surface area contributed by atoms with E-state index in [1.165, 1.54) is 36.7 Å². The fraction of sp³-hybridized carbons (Fsp3) is 0.609. The summed E-state index contributed by atoms with van der Waals surface area (Å²) in [5, 5.41) is 12.8. The summed E-state index contributed by atoms with van der Waals surface area (Å²) in [6.07, 6.45) is 4.79. The molecule has 1 saturated carbocycles. The van der Waals surface area contributed by atoms with Gasteiger partial charge in [-0.05, 0) is 63.8 Å². The van der Waals surface area contributed by atoms with E-state index in [4.69, 9.17) is 0 Å². The molecule has 0 bridgehead atoms. The Balaban J connectivity index is 1.64. The van der Waals surface area contributed by atoms with E-state index in [9.17, 15) is 4.79 Å². The Hall–Kier alpha value is -2.02. The quantitative estimate of drug-likeness (QED) is 0.590. The number of amides is 1. The maximum atomic E-state index is 12.5. The number of hydrogen-bond acceptors (Lipinski definition) is 5. The summed E-state index contributed by atoms with van der Waals surface area (Å²) in [5.74, 6) is 1.89. The van der Waals surface area contributed by atoms with Gasteiger partial charge >= 0.3 is 0 Å². The van der Waals surface area contributed by atoms with Crippen LogP contribution in [-0.4, -0.2) is 45.6 Å². The molecule has 6 nitrogen and oxygen atoms in total. The van der Waals surface area contributed by atoms with Crippen LogP contribution in [0, 0.1) is 5.92 Å². The zero-order valence-electron chi connectivity index (χ0n) is 18.7. The van der Waals surface area contributed by atoms with Gasteiger partial charge in [0.15, 0.2) is 11.0 Å². The summed E-state index contributed by atoms with van der Waals surface area (Å²) in [5.41, 5.74) is 2.27. The van der Waals surface area contributed by atoms with E-state index in [2.05, 4.69) is 76.9 Å². The topological polar surface area (TPSA) is 63.1 Å². The molecule has 1 fully saturated rings. The lowest BCUT2D eigenvalue weighted by molar-refractivity contribution is -0.119. The normalized spacial score (nSPS) is 18.9. The van der Waals surface area contributed by atoms with Gasteiger partial charge in [-0.25, -0.2) is 0 Å². The van der Waals surface area contributed by atoms with Crippen LogP contribution in [0.4, 0.5) is 5.69 Å². The lowest BCUT2D eigenvalue weighted by Gasteiger charge is -2.29. The molecule has 2 aromatic rings. The molecule has 0 aliphatic heterocycles. The number of thioether (sulfide) groups is 1. The number of carbonyl (C=O) groups is 1. The first kappa shape index (κ1) is 22.7. The number of hydrogen-bond donors (Lipinski definition) is 1. The SMILES string of the molecule is CCN(CC)c1ccc(-c2nnc(SCC(=O)N[C@H]3CCCC[C@H]3C)n2CC)cc1. The fourth-order valence-corrected chi connectivity index (χ4v) is 5.03. The van der Waals surface area contributed by atoms with Crippen LogP contribution >= 0.6 is 11.8 Å². The Morgan fingerprint density at radius 1 is 1.13 bits per heavy atom. The van der Waals surface area contributed by atoms with E-state index in [1.807, 2.05) is 0 Å². The summed E-state index contributed by atoms with van der Waals surface area (Å²) in [6.45, 7) is 11.4. The van der Waals surface area contributed by atoms with Gasteiger partial charge in [0.05, 0.1) is 5.75 Å². The van der Waals surface area contributed by atoms with Gasteiger partial charge in [-0.15, -0.1) is 10.2 Å². The highest BCUT2D eigenvalue weighted by Gasteiger charge is 2.23. The van der Waals surface area contributed by atoms with E-state index in [0.29, 0.717) is 17.7 Å². The zero-order chi connectivity index (χ0) is 21.5. The molecule has 1 aromatic heterocycles. The van der Waals surface area contributed by atoms with Crippen molar-refractivity contribution in [2.45, 2.75) is 71.1 Å². The Morgan fingerprint density at radius 2 is 1.83 bits per heavy atom. The Bertz CT molecular complexity index is 816. The molecule has 0 radical (unpaired) electrons. The van der Waals surface area contributed by atoms with Gasteiger partial charge in [-0.3, -0.25) is 4.79 Å². The third-order valence-corrected chi connectivity index (χ3v) is 7.04. The molecule has 1 aliphatic carbocycles.